The Labute approximate surface area is 147 Å². The minimum atomic E-state index is -4.64. The zero-order valence-electron chi connectivity index (χ0n) is 14.7. The van der Waals surface area contributed by atoms with Crippen molar-refractivity contribution in [3.63, 3.8) is 0 Å². The first-order valence-electron chi connectivity index (χ1n) is 7.41. The van der Waals surface area contributed by atoms with E-state index < -0.39 is 7.82 Å². The maximum atomic E-state index is 8.88. The highest BCUT2D eigenvalue weighted by Gasteiger charge is 2.06. The largest absolute Gasteiger partial charge is 0.466 e. The average Bonchev–Trinajstić information content (AvgIpc) is 2.53. The predicted octanol–water partition coefficient (Wildman–Crippen LogP) is 2.31. The van der Waals surface area contributed by atoms with Crippen LogP contribution in [0.1, 0.15) is 11.1 Å². The zero-order chi connectivity index (χ0) is 19.2. The molecule has 0 saturated carbocycles. The van der Waals surface area contributed by atoms with Crippen molar-refractivity contribution in [2.75, 3.05) is 38.0 Å². The monoisotopic (exact) mass is 365 g/mol. The van der Waals surface area contributed by atoms with Gasteiger partial charge in [0.25, 0.3) is 0 Å². The third kappa shape index (κ3) is 7.49. The van der Waals surface area contributed by atoms with Crippen LogP contribution < -0.4 is 9.80 Å². The lowest BCUT2D eigenvalue weighted by Crippen LogP contribution is -2.10. The SMILES string of the molecule is CN(C)c1ccc(C(=N)c2ccc(N(C)C)cc2)cc1.O=P(O)(O)O. The number of hydrogen-bond acceptors (Lipinski definition) is 4. The molecule has 0 aliphatic heterocycles. The Kier molecular flexibility index (Phi) is 7.33. The fraction of sp³-hybridized carbons (Fsp3) is 0.235. The van der Waals surface area contributed by atoms with Crippen LogP contribution in [0.5, 0.6) is 0 Å². The third-order valence-corrected chi connectivity index (χ3v) is 3.34. The smallest absolute Gasteiger partial charge is 0.378 e. The molecule has 0 aromatic heterocycles. The maximum absolute atomic E-state index is 8.88. The topological polar surface area (TPSA) is 108 Å². The first kappa shape index (κ1) is 20.9. The molecule has 4 N–H and O–H groups in total. The summed E-state index contributed by atoms with van der Waals surface area (Å²) in [6.45, 7) is 0. The number of hydrogen-bond donors (Lipinski definition) is 4. The summed E-state index contributed by atoms with van der Waals surface area (Å²) in [5.74, 6) is 0. The van der Waals surface area contributed by atoms with E-state index in [1.165, 1.54) is 0 Å². The van der Waals surface area contributed by atoms with Gasteiger partial charge in [-0.05, 0) is 24.3 Å². The van der Waals surface area contributed by atoms with Gasteiger partial charge in [-0.2, -0.15) is 0 Å². The molecule has 0 spiro atoms. The summed E-state index contributed by atoms with van der Waals surface area (Å²) in [6, 6.07) is 16.1. The van der Waals surface area contributed by atoms with Gasteiger partial charge in [0.2, 0.25) is 0 Å². The van der Waals surface area contributed by atoms with Crippen molar-refractivity contribution in [1.82, 2.24) is 0 Å². The predicted molar refractivity (Wildman–Crippen MR) is 102 cm³/mol. The Morgan fingerprint density at radius 3 is 1.20 bits per heavy atom. The van der Waals surface area contributed by atoms with Crippen LogP contribution in [-0.2, 0) is 4.57 Å². The van der Waals surface area contributed by atoms with Crippen LogP contribution in [0.25, 0.3) is 0 Å². The highest BCUT2D eigenvalue weighted by atomic mass is 31.2. The van der Waals surface area contributed by atoms with Crippen molar-refractivity contribution in [3.8, 4) is 0 Å². The molecule has 0 radical (unpaired) electrons. The maximum Gasteiger partial charge on any atom is 0.466 e. The second kappa shape index (κ2) is 8.78. The molecule has 8 heteroatoms. The Hall–Kier alpha value is -2.18. The highest BCUT2D eigenvalue weighted by Crippen LogP contribution is 2.25. The summed E-state index contributed by atoms with van der Waals surface area (Å²) < 4.78 is 8.88. The third-order valence-electron chi connectivity index (χ3n) is 3.34. The van der Waals surface area contributed by atoms with Gasteiger partial charge in [0.1, 0.15) is 0 Å². The van der Waals surface area contributed by atoms with E-state index in [0.717, 1.165) is 22.5 Å². The van der Waals surface area contributed by atoms with Crippen LogP contribution in [0.4, 0.5) is 11.4 Å². The number of nitrogens with one attached hydrogen (secondary N) is 1. The Morgan fingerprint density at radius 2 is 1.00 bits per heavy atom. The summed E-state index contributed by atoms with van der Waals surface area (Å²) in [5, 5.41) is 8.30. The van der Waals surface area contributed by atoms with Gasteiger partial charge in [-0.15, -0.1) is 0 Å². The van der Waals surface area contributed by atoms with E-state index in [4.69, 9.17) is 24.7 Å². The van der Waals surface area contributed by atoms with Gasteiger partial charge >= 0.3 is 7.82 Å². The standard InChI is InChI=1S/C17H21N3.H3O4P/c1-19(2)15-9-5-13(6-10-15)17(18)14-7-11-16(12-8-14)20(3)4;1-5(2,3)4/h5-12,18H,1-4H3;(H3,1,2,3,4). The van der Waals surface area contributed by atoms with Crippen molar-refractivity contribution in [2.45, 2.75) is 0 Å². The molecule has 0 saturated heterocycles. The Bertz CT molecular complexity index is 676. The van der Waals surface area contributed by atoms with Gasteiger partial charge in [-0.25, -0.2) is 4.57 Å². The number of rotatable bonds is 4. The van der Waals surface area contributed by atoms with Crippen molar-refractivity contribution in [2.24, 2.45) is 0 Å². The van der Waals surface area contributed by atoms with Crippen LogP contribution in [0.15, 0.2) is 48.5 Å². The molecule has 0 aliphatic rings. The van der Waals surface area contributed by atoms with Crippen LogP contribution in [0.3, 0.4) is 0 Å². The van der Waals surface area contributed by atoms with Crippen LogP contribution in [0.2, 0.25) is 0 Å². The molecule has 0 heterocycles. The van der Waals surface area contributed by atoms with Gasteiger partial charge in [-0.3, -0.25) is 5.41 Å². The van der Waals surface area contributed by atoms with E-state index in [0.29, 0.717) is 5.71 Å². The first-order chi connectivity index (χ1) is 11.5. The molecule has 0 atom stereocenters. The van der Waals surface area contributed by atoms with Gasteiger partial charge in [0.05, 0.1) is 5.71 Å². The molecule has 136 valence electrons. The lowest BCUT2D eigenvalue weighted by molar-refractivity contribution is 0.275. The normalized spacial score (nSPS) is 10.5. The fourth-order valence-corrected chi connectivity index (χ4v) is 2.02. The molecule has 2 aromatic carbocycles. The molecule has 2 rings (SSSR count). The zero-order valence-corrected chi connectivity index (χ0v) is 15.6. The van der Waals surface area contributed by atoms with Gasteiger partial charge in [-0.1, -0.05) is 24.3 Å². The van der Waals surface area contributed by atoms with Crippen LogP contribution in [0, 0.1) is 5.41 Å². The van der Waals surface area contributed by atoms with Crippen LogP contribution >= 0.6 is 7.82 Å². The number of phosphoric acid groups is 1. The molecule has 0 aliphatic carbocycles. The summed E-state index contributed by atoms with van der Waals surface area (Å²) >= 11 is 0. The number of benzene rings is 2. The second-order valence-corrected chi connectivity index (χ2v) is 6.80. The van der Waals surface area contributed by atoms with Crippen molar-refractivity contribution in [3.05, 3.63) is 59.7 Å². The minimum absolute atomic E-state index is 0.556. The summed E-state index contributed by atoms with van der Waals surface area (Å²) in [7, 11) is 3.42. The molecule has 7 nitrogen and oxygen atoms in total. The fourth-order valence-electron chi connectivity index (χ4n) is 2.02. The van der Waals surface area contributed by atoms with Gasteiger partial charge in [0, 0.05) is 50.7 Å². The number of anilines is 2. The molecule has 0 unspecified atom stereocenters. The molecule has 0 amide bonds. The Morgan fingerprint density at radius 1 is 0.760 bits per heavy atom. The van der Waals surface area contributed by atoms with Crippen molar-refractivity contribution >= 4 is 24.9 Å². The first-order valence-corrected chi connectivity index (χ1v) is 8.98. The van der Waals surface area contributed by atoms with E-state index in [-0.39, 0.29) is 0 Å². The van der Waals surface area contributed by atoms with Gasteiger partial charge in [0.15, 0.2) is 0 Å². The molecule has 0 fully saturated rings. The highest BCUT2D eigenvalue weighted by molar-refractivity contribution is 7.45. The van der Waals surface area contributed by atoms with Crippen molar-refractivity contribution < 1.29 is 19.2 Å². The van der Waals surface area contributed by atoms with E-state index in [1.54, 1.807) is 0 Å². The quantitative estimate of drug-likeness (QED) is 0.489. The summed E-state index contributed by atoms with van der Waals surface area (Å²) in [4.78, 5) is 25.7. The molecule has 25 heavy (non-hydrogen) atoms. The van der Waals surface area contributed by atoms with E-state index in [2.05, 4.69) is 9.80 Å². The molecule has 2 aromatic rings. The molecular weight excluding hydrogens is 341 g/mol. The lowest BCUT2D eigenvalue weighted by Gasteiger charge is -2.14. The minimum Gasteiger partial charge on any atom is -0.378 e. The molecule has 0 bridgehead atoms. The van der Waals surface area contributed by atoms with E-state index in [1.807, 2.05) is 76.7 Å². The van der Waals surface area contributed by atoms with Crippen LogP contribution in [-0.4, -0.2) is 48.6 Å². The molecular formula is C17H24N3O4P. The van der Waals surface area contributed by atoms with E-state index in [9.17, 15) is 0 Å². The van der Waals surface area contributed by atoms with Gasteiger partial charge < -0.3 is 24.5 Å². The summed E-state index contributed by atoms with van der Waals surface area (Å²) in [5.41, 5.74) is 4.72. The number of nitrogens with zero attached hydrogens (tertiary/aromatic N) is 2. The van der Waals surface area contributed by atoms with Crippen molar-refractivity contribution in [1.29, 1.82) is 5.41 Å². The van der Waals surface area contributed by atoms with E-state index >= 15 is 0 Å². The Balaban J connectivity index is 0.000000550. The average molecular weight is 365 g/mol. The lowest BCUT2D eigenvalue weighted by atomic mass is 10.0. The summed E-state index contributed by atoms with van der Waals surface area (Å²) in [6.07, 6.45) is 0. The second-order valence-electron chi connectivity index (χ2n) is 5.77.